The Hall–Kier alpha value is -1.67. The Morgan fingerprint density at radius 2 is 1.81 bits per heavy atom. The number of benzene rings is 2. The van der Waals surface area contributed by atoms with Crippen molar-refractivity contribution in [1.82, 2.24) is 0 Å². The van der Waals surface area contributed by atoms with Crippen molar-refractivity contribution in [3.05, 3.63) is 54.6 Å². The van der Waals surface area contributed by atoms with Crippen molar-refractivity contribution in [2.75, 3.05) is 0 Å². The largest absolute Gasteiger partial charge is 0.455 e. The van der Waals surface area contributed by atoms with Crippen molar-refractivity contribution < 1.29 is 4.74 Å². The summed E-state index contributed by atoms with van der Waals surface area (Å²) in [4.78, 5) is 2.31. The van der Waals surface area contributed by atoms with Gasteiger partial charge in [0.1, 0.15) is 11.5 Å². The molecular formula is C14H10OS. The Morgan fingerprint density at radius 1 is 1.00 bits per heavy atom. The third-order valence-electron chi connectivity index (χ3n) is 2.49. The monoisotopic (exact) mass is 226 g/mol. The predicted octanol–water partition coefficient (Wildman–Crippen LogP) is 4.59. The summed E-state index contributed by atoms with van der Waals surface area (Å²) in [5, 5.41) is 0. The molecule has 2 aromatic carbocycles. The topological polar surface area (TPSA) is 9.23 Å². The first-order chi connectivity index (χ1) is 7.86. The van der Waals surface area contributed by atoms with E-state index < -0.39 is 0 Å². The molecule has 0 fully saturated rings. The van der Waals surface area contributed by atoms with Crippen LogP contribution in [-0.2, 0) is 0 Å². The van der Waals surface area contributed by atoms with E-state index in [1.54, 1.807) is 11.8 Å². The van der Waals surface area contributed by atoms with Crippen molar-refractivity contribution >= 4 is 17.8 Å². The van der Waals surface area contributed by atoms with E-state index in [1.165, 1.54) is 0 Å². The molecule has 0 unspecified atom stereocenters. The first-order valence-electron chi connectivity index (χ1n) is 5.08. The van der Waals surface area contributed by atoms with Gasteiger partial charge in [-0.15, -0.1) is 0 Å². The van der Waals surface area contributed by atoms with E-state index in [2.05, 4.69) is 18.7 Å². The van der Waals surface area contributed by atoms with Crippen LogP contribution in [0.4, 0.5) is 0 Å². The zero-order valence-corrected chi connectivity index (χ0v) is 9.46. The Bertz CT molecular complexity index is 560. The van der Waals surface area contributed by atoms with Crippen LogP contribution in [0.15, 0.2) is 58.8 Å². The second-order valence-electron chi connectivity index (χ2n) is 3.56. The molecule has 0 spiro atoms. The van der Waals surface area contributed by atoms with Gasteiger partial charge in [0.2, 0.25) is 0 Å². The van der Waals surface area contributed by atoms with E-state index in [0.29, 0.717) is 0 Å². The minimum atomic E-state index is 0.925. The lowest BCUT2D eigenvalue weighted by Crippen LogP contribution is -1.94. The molecule has 3 rings (SSSR count). The van der Waals surface area contributed by atoms with Crippen LogP contribution in [0.3, 0.4) is 0 Å². The molecule has 0 bridgehead atoms. The van der Waals surface area contributed by atoms with E-state index in [9.17, 15) is 0 Å². The average molecular weight is 226 g/mol. The molecule has 0 atom stereocenters. The highest BCUT2D eigenvalue weighted by atomic mass is 32.2. The molecule has 1 aliphatic rings. The number of rotatable bonds is 1. The smallest absolute Gasteiger partial charge is 0.141 e. The third-order valence-corrected chi connectivity index (χ3v) is 3.59. The van der Waals surface area contributed by atoms with Crippen molar-refractivity contribution in [2.45, 2.75) is 9.79 Å². The summed E-state index contributed by atoms with van der Waals surface area (Å²) in [6, 6.07) is 14.2. The number of hydrogen-bond acceptors (Lipinski definition) is 2. The van der Waals surface area contributed by atoms with Crippen LogP contribution in [0.5, 0.6) is 11.5 Å². The molecule has 0 aromatic heterocycles. The van der Waals surface area contributed by atoms with Gasteiger partial charge in [-0.05, 0) is 29.8 Å². The normalized spacial score (nSPS) is 12.2. The minimum absolute atomic E-state index is 0.925. The van der Waals surface area contributed by atoms with Crippen LogP contribution >= 0.6 is 11.8 Å². The Morgan fingerprint density at radius 3 is 2.69 bits per heavy atom. The molecular weight excluding hydrogens is 216 g/mol. The molecule has 78 valence electrons. The molecule has 1 heterocycles. The highest BCUT2D eigenvalue weighted by Gasteiger charge is 2.16. The number of hydrogen-bond donors (Lipinski definition) is 0. The molecule has 0 N–H and O–H groups in total. The third kappa shape index (κ3) is 1.51. The van der Waals surface area contributed by atoms with E-state index in [0.717, 1.165) is 26.9 Å². The quantitative estimate of drug-likeness (QED) is 0.600. The summed E-state index contributed by atoms with van der Waals surface area (Å²) in [6.45, 7) is 3.77. The zero-order chi connectivity index (χ0) is 11.0. The molecule has 0 saturated heterocycles. The fourth-order valence-electron chi connectivity index (χ4n) is 1.67. The maximum absolute atomic E-state index is 5.82. The van der Waals surface area contributed by atoms with Crippen LogP contribution in [0.2, 0.25) is 0 Å². The van der Waals surface area contributed by atoms with Crippen LogP contribution in [0.1, 0.15) is 5.56 Å². The van der Waals surface area contributed by atoms with Gasteiger partial charge in [-0.3, -0.25) is 0 Å². The van der Waals surface area contributed by atoms with Gasteiger partial charge in [0.05, 0.1) is 9.79 Å². The van der Waals surface area contributed by atoms with Crippen LogP contribution in [-0.4, -0.2) is 0 Å². The summed E-state index contributed by atoms with van der Waals surface area (Å²) in [5.74, 6) is 1.86. The second kappa shape index (κ2) is 3.72. The molecule has 1 nitrogen and oxygen atoms in total. The highest BCUT2D eigenvalue weighted by molar-refractivity contribution is 7.99. The molecule has 0 radical (unpaired) electrons. The fourth-order valence-corrected chi connectivity index (χ4v) is 2.67. The first kappa shape index (κ1) is 9.55. The lowest BCUT2D eigenvalue weighted by molar-refractivity contribution is 0.454. The van der Waals surface area contributed by atoms with Gasteiger partial charge < -0.3 is 4.74 Å². The lowest BCUT2D eigenvalue weighted by Gasteiger charge is -2.19. The van der Waals surface area contributed by atoms with Crippen molar-refractivity contribution in [3.63, 3.8) is 0 Å². The van der Waals surface area contributed by atoms with Crippen LogP contribution in [0.25, 0.3) is 6.08 Å². The SMILES string of the molecule is C=Cc1ccc2c(c1)Sc1ccccc1O2. The molecule has 2 aromatic rings. The summed E-state index contributed by atoms with van der Waals surface area (Å²) in [5.41, 5.74) is 1.12. The fraction of sp³-hybridized carbons (Fsp3) is 0. The van der Waals surface area contributed by atoms with Crippen LogP contribution in [0, 0.1) is 0 Å². The van der Waals surface area contributed by atoms with Gasteiger partial charge in [-0.2, -0.15) is 0 Å². The lowest BCUT2D eigenvalue weighted by atomic mass is 10.2. The minimum Gasteiger partial charge on any atom is -0.455 e. The molecule has 0 saturated carbocycles. The maximum atomic E-state index is 5.82. The maximum Gasteiger partial charge on any atom is 0.141 e. The van der Waals surface area contributed by atoms with E-state index in [1.807, 2.05) is 36.4 Å². The number of para-hydroxylation sites is 1. The Labute approximate surface area is 98.8 Å². The van der Waals surface area contributed by atoms with E-state index in [4.69, 9.17) is 4.74 Å². The van der Waals surface area contributed by atoms with E-state index in [-0.39, 0.29) is 0 Å². The van der Waals surface area contributed by atoms with Crippen molar-refractivity contribution in [1.29, 1.82) is 0 Å². The van der Waals surface area contributed by atoms with Gasteiger partial charge in [-0.1, -0.05) is 42.6 Å². The summed E-state index contributed by atoms with van der Waals surface area (Å²) in [7, 11) is 0. The average Bonchev–Trinajstić information content (AvgIpc) is 2.35. The van der Waals surface area contributed by atoms with Gasteiger partial charge in [0.15, 0.2) is 0 Å². The number of fused-ring (bicyclic) bond motifs is 2. The predicted molar refractivity (Wildman–Crippen MR) is 67.2 cm³/mol. The zero-order valence-electron chi connectivity index (χ0n) is 8.64. The summed E-state index contributed by atoms with van der Waals surface area (Å²) < 4.78 is 5.82. The molecule has 0 amide bonds. The van der Waals surface area contributed by atoms with Gasteiger partial charge in [0, 0.05) is 0 Å². The van der Waals surface area contributed by atoms with Gasteiger partial charge >= 0.3 is 0 Å². The Balaban J connectivity index is 2.08. The van der Waals surface area contributed by atoms with Crippen molar-refractivity contribution in [2.24, 2.45) is 0 Å². The summed E-state index contributed by atoms with van der Waals surface area (Å²) >= 11 is 1.74. The molecule has 16 heavy (non-hydrogen) atoms. The standard InChI is InChI=1S/C14H10OS/c1-2-10-7-8-12-14(9-10)16-13-6-4-3-5-11(13)15-12/h2-9H,1H2. The first-order valence-corrected chi connectivity index (χ1v) is 5.90. The molecule has 2 heteroatoms. The van der Waals surface area contributed by atoms with Crippen LogP contribution < -0.4 is 4.74 Å². The van der Waals surface area contributed by atoms with E-state index >= 15 is 0 Å². The Kier molecular flexibility index (Phi) is 2.22. The van der Waals surface area contributed by atoms with Crippen molar-refractivity contribution in [3.8, 4) is 11.5 Å². The highest BCUT2D eigenvalue weighted by Crippen LogP contribution is 2.46. The summed E-state index contributed by atoms with van der Waals surface area (Å²) in [6.07, 6.45) is 1.85. The molecule has 0 aliphatic carbocycles. The number of ether oxygens (including phenoxy) is 1. The van der Waals surface area contributed by atoms with Gasteiger partial charge in [0.25, 0.3) is 0 Å². The second-order valence-corrected chi connectivity index (χ2v) is 4.64. The van der Waals surface area contributed by atoms with Gasteiger partial charge in [-0.25, -0.2) is 0 Å². The molecule has 1 aliphatic heterocycles.